The smallest absolute Gasteiger partial charge is 0.343 e. The van der Waals surface area contributed by atoms with Crippen LogP contribution < -0.4 is 9.47 Å². The number of ether oxygens (including phenoxy) is 2. The Bertz CT molecular complexity index is 1680. The minimum absolute atomic E-state index is 0.0511. The molecule has 0 aromatic heterocycles. The number of hydrazine groups is 1. The summed E-state index contributed by atoms with van der Waals surface area (Å²) >= 11 is 0. The van der Waals surface area contributed by atoms with Crippen molar-refractivity contribution in [3.8, 4) is 11.5 Å². The fraction of sp³-hybridized carbons (Fsp3) is 0.219. The first-order valence-electron chi connectivity index (χ1n) is 13.7. The van der Waals surface area contributed by atoms with E-state index in [1.807, 2.05) is 12.2 Å². The van der Waals surface area contributed by atoms with Crippen LogP contribution in [0.3, 0.4) is 0 Å². The van der Waals surface area contributed by atoms with Gasteiger partial charge < -0.3 is 9.47 Å². The molecule has 12 heteroatoms. The number of nitrogens with zero attached hydrogens (tertiary/aromatic N) is 3. The molecule has 1 heterocycles. The lowest BCUT2D eigenvalue weighted by Crippen LogP contribution is -2.52. The molecule has 1 aliphatic carbocycles. The molecule has 3 aromatic carbocycles. The summed E-state index contributed by atoms with van der Waals surface area (Å²) in [5, 5.41) is 12.6. The van der Waals surface area contributed by atoms with E-state index >= 15 is 0 Å². The van der Waals surface area contributed by atoms with E-state index in [1.54, 1.807) is 25.1 Å². The zero-order valence-corrected chi connectivity index (χ0v) is 23.7. The molecule has 3 amide bonds. The molecule has 0 saturated carbocycles. The topological polar surface area (TPSA) is 153 Å². The maximum atomic E-state index is 13.7. The number of hydrogen-bond acceptors (Lipinski definition) is 9. The minimum Gasteiger partial charge on any atom is -0.497 e. The van der Waals surface area contributed by atoms with Crippen molar-refractivity contribution < 1.29 is 38.4 Å². The van der Waals surface area contributed by atoms with E-state index in [0.29, 0.717) is 12.2 Å². The van der Waals surface area contributed by atoms with Crippen LogP contribution in [0.5, 0.6) is 11.5 Å². The fourth-order valence-electron chi connectivity index (χ4n) is 5.33. The molecule has 1 saturated heterocycles. The summed E-state index contributed by atoms with van der Waals surface area (Å²) in [4.78, 5) is 77.1. The number of carbonyl (C=O) groups excluding carboxylic acids is 5. The molecule has 0 bridgehead atoms. The first-order chi connectivity index (χ1) is 21.1. The van der Waals surface area contributed by atoms with Gasteiger partial charge in [0.15, 0.2) is 5.78 Å². The molecular formula is C32H27N3O9. The highest BCUT2D eigenvalue weighted by atomic mass is 16.6. The second-order valence-corrected chi connectivity index (χ2v) is 10.4. The third-order valence-corrected chi connectivity index (χ3v) is 7.64. The number of non-ortho nitro benzene ring substituents is 1. The van der Waals surface area contributed by atoms with Crippen molar-refractivity contribution in [2.24, 2.45) is 17.8 Å². The number of allylic oxidation sites excluding steroid dienone is 2. The highest BCUT2D eigenvalue weighted by Crippen LogP contribution is 2.39. The molecule has 3 aromatic rings. The second-order valence-electron chi connectivity index (χ2n) is 10.4. The van der Waals surface area contributed by atoms with Crippen LogP contribution in [0.15, 0.2) is 84.9 Å². The van der Waals surface area contributed by atoms with Crippen LogP contribution in [-0.2, 0) is 9.59 Å². The molecule has 0 spiro atoms. The normalized spacial score (nSPS) is 18.9. The van der Waals surface area contributed by atoms with Crippen molar-refractivity contribution in [2.75, 3.05) is 13.7 Å². The van der Waals surface area contributed by atoms with Crippen LogP contribution in [0.1, 0.15) is 44.4 Å². The maximum Gasteiger partial charge on any atom is 0.343 e. The summed E-state index contributed by atoms with van der Waals surface area (Å²) in [6.07, 6.45) is 3.97. The predicted octanol–water partition coefficient (Wildman–Crippen LogP) is 4.26. The van der Waals surface area contributed by atoms with Crippen molar-refractivity contribution in [1.82, 2.24) is 10.0 Å². The third-order valence-electron chi connectivity index (χ3n) is 7.64. The minimum atomic E-state index is -0.849. The summed E-state index contributed by atoms with van der Waals surface area (Å²) in [7, 11) is 1.47. The molecule has 12 nitrogen and oxygen atoms in total. The van der Waals surface area contributed by atoms with E-state index in [2.05, 4.69) is 0 Å². The number of amides is 3. The lowest BCUT2D eigenvalue weighted by Gasteiger charge is -2.30. The van der Waals surface area contributed by atoms with Crippen molar-refractivity contribution in [3.63, 3.8) is 0 Å². The Morgan fingerprint density at radius 2 is 1.61 bits per heavy atom. The van der Waals surface area contributed by atoms with Gasteiger partial charge in [-0.1, -0.05) is 25.1 Å². The monoisotopic (exact) mass is 597 g/mol. The molecule has 0 unspecified atom stereocenters. The van der Waals surface area contributed by atoms with Gasteiger partial charge in [0.2, 0.25) is 0 Å². The molecule has 0 N–H and O–H groups in total. The average Bonchev–Trinajstić information content (AvgIpc) is 3.29. The first kappa shape index (κ1) is 29.8. The van der Waals surface area contributed by atoms with Gasteiger partial charge in [0.25, 0.3) is 23.4 Å². The van der Waals surface area contributed by atoms with E-state index < -0.39 is 52.8 Å². The van der Waals surface area contributed by atoms with Crippen LogP contribution >= 0.6 is 0 Å². The number of carbonyl (C=O) groups is 5. The van der Waals surface area contributed by atoms with Crippen LogP contribution in [0.25, 0.3) is 0 Å². The SMILES string of the molecule is COc1cccc(C(=O)Oc2ccc(C(=O)CN(C(=O)c3ccc([N+](=O)[O-])cc3)N3C(=O)[C@@H]4[C@H](C)C=CC[C@H]4C3=O)cc2)c1. The average molecular weight is 598 g/mol. The Morgan fingerprint density at radius 1 is 0.932 bits per heavy atom. The number of rotatable bonds is 9. The number of fused-ring (bicyclic) bond motifs is 1. The predicted molar refractivity (Wildman–Crippen MR) is 155 cm³/mol. The summed E-state index contributed by atoms with van der Waals surface area (Å²) in [5.74, 6) is -4.27. The van der Waals surface area contributed by atoms with E-state index in [9.17, 15) is 34.1 Å². The van der Waals surface area contributed by atoms with Crippen molar-refractivity contribution in [2.45, 2.75) is 13.3 Å². The number of nitro groups is 1. The summed E-state index contributed by atoms with van der Waals surface area (Å²) < 4.78 is 10.5. The molecule has 5 rings (SSSR count). The molecule has 44 heavy (non-hydrogen) atoms. The van der Waals surface area contributed by atoms with Gasteiger partial charge in [-0.15, -0.1) is 0 Å². The van der Waals surface area contributed by atoms with Gasteiger partial charge in [0.05, 0.1) is 29.4 Å². The number of hydrogen-bond donors (Lipinski definition) is 0. The third kappa shape index (κ3) is 5.82. The van der Waals surface area contributed by atoms with Crippen molar-refractivity contribution >= 4 is 35.2 Å². The lowest BCUT2D eigenvalue weighted by atomic mass is 9.78. The van der Waals surface area contributed by atoms with Gasteiger partial charge in [-0.25, -0.2) is 9.80 Å². The highest BCUT2D eigenvalue weighted by molar-refractivity contribution is 6.10. The number of imide groups is 1. The molecular weight excluding hydrogens is 570 g/mol. The highest BCUT2D eigenvalue weighted by Gasteiger charge is 2.53. The largest absolute Gasteiger partial charge is 0.497 e. The fourth-order valence-corrected chi connectivity index (χ4v) is 5.33. The number of methoxy groups -OCH3 is 1. The first-order valence-corrected chi connectivity index (χ1v) is 13.7. The summed E-state index contributed by atoms with van der Waals surface area (Å²) in [6, 6.07) is 16.6. The number of benzene rings is 3. The Kier molecular flexibility index (Phi) is 8.34. The molecule has 3 atom stereocenters. The summed E-state index contributed by atoms with van der Waals surface area (Å²) in [6.45, 7) is 1.13. The Balaban J connectivity index is 1.38. The van der Waals surface area contributed by atoms with E-state index in [-0.39, 0.29) is 34.0 Å². The Morgan fingerprint density at radius 3 is 2.25 bits per heavy atom. The number of Topliss-reactive ketones (excluding diaryl/α,β-unsaturated/α-hetero) is 1. The molecule has 2 aliphatic rings. The van der Waals surface area contributed by atoms with Gasteiger partial charge in [0.1, 0.15) is 18.0 Å². The summed E-state index contributed by atoms with van der Waals surface area (Å²) in [5.41, 5.74) is 0.0784. The standard InChI is InChI=1S/C32H27N3O9/c1-19-5-3-8-26-28(19)31(39)34(30(26)38)33(29(37)21-9-13-23(14-10-21)35(41)42)18-27(36)20-11-15-24(16-12-20)44-32(40)22-6-4-7-25(17-22)43-2/h3-7,9-17,19,26,28H,8,18H2,1-2H3/t19-,26-,28-/m1/s1. The zero-order valence-electron chi connectivity index (χ0n) is 23.7. The zero-order chi connectivity index (χ0) is 31.5. The van der Waals surface area contributed by atoms with Crippen LogP contribution in [-0.4, -0.2) is 58.1 Å². The molecule has 1 aliphatic heterocycles. The van der Waals surface area contributed by atoms with Gasteiger partial charge >= 0.3 is 5.97 Å². The Labute approximate surface area is 251 Å². The van der Waals surface area contributed by atoms with Gasteiger partial charge in [-0.3, -0.25) is 29.3 Å². The van der Waals surface area contributed by atoms with Gasteiger partial charge in [-0.2, -0.15) is 5.01 Å². The maximum absolute atomic E-state index is 13.7. The quantitative estimate of drug-likeness (QED) is 0.0670. The van der Waals surface area contributed by atoms with Crippen molar-refractivity contribution in [1.29, 1.82) is 0 Å². The number of nitro benzene ring substituents is 1. The molecule has 0 radical (unpaired) electrons. The van der Waals surface area contributed by atoms with Crippen LogP contribution in [0, 0.1) is 27.9 Å². The number of ketones is 1. The Hall–Kier alpha value is -5.65. The lowest BCUT2D eigenvalue weighted by molar-refractivity contribution is -0.384. The number of esters is 1. The van der Waals surface area contributed by atoms with E-state index in [1.165, 1.54) is 49.6 Å². The van der Waals surface area contributed by atoms with E-state index in [4.69, 9.17) is 9.47 Å². The van der Waals surface area contributed by atoms with Gasteiger partial charge in [0, 0.05) is 23.3 Å². The molecule has 1 fully saturated rings. The van der Waals surface area contributed by atoms with Gasteiger partial charge in [-0.05, 0) is 66.9 Å². The van der Waals surface area contributed by atoms with E-state index in [0.717, 1.165) is 22.2 Å². The molecule has 224 valence electrons. The van der Waals surface area contributed by atoms with Crippen LogP contribution in [0.4, 0.5) is 5.69 Å². The van der Waals surface area contributed by atoms with Crippen molar-refractivity contribution in [3.05, 3.63) is 112 Å². The second kappa shape index (κ2) is 12.3. The van der Waals surface area contributed by atoms with Crippen LogP contribution in [0.2, 0.25) is 0 Å².